The zero-order valence-corrected chi connectivity index (χ0v) is 16.3. The summed E-state index contributed by atoms with van der Waals surface area (Å²) < 4.78 is 3.11. The zero-order valence-electron chi connectivity index (χ0n) is 14.7. The van der Waals surface area contributed by atoms with Crippen LogP contribution in [0.3, 0.4) is 0 Å². The predicted octanol–water partition coefficient (Wildman–Crippen LogP) is 3.78. The number of hydrogen-bond acceptors (Lipinski definition) is 6. The van der Waals surface area contributed by atoms with E-state index in [1.54, 1.807) is 22.6 Å². The third kappa shape index (κ3) is 3.85. The molecule has 0 saturated carbocycles. The Balaban J connectivity index is 1.66. The van der Waals surface area contributed by atoms with Crippen molar-refractivity contribution < 1.29 is 4.79 Å². The number of amides is 1. The van der Waals surface area contributed by atoms with Crippen molar-refractivity contribution in [3.05, 3.63) is 35.6 Å². The summed E-state index contributed by atoms with van der Waals surface area (Å²) in [7, 11) is 1.83. The second-order valence-corrected chi connectivity index (χ2v) is 8.11. The zero-order chi connectivity index (χ0) is 18.0. The van der Waals surface area contributed by atoms with Gasteiger partial charge >= 0.3 is 0 Å². The van der Waals surface area contributed by atoms with E-state index >= 15 is 0 Å². The van der Waals surface area contributed by atoms with Gasteiger partial charge in [-0.3, -0.25) is 4.79 Å². The van der Waals surface area contributed by atoms with E-state index in [9.17, 15) is 4.79 Å². The van der Waals surface area contributed by atoms with Gasteiger partial charge in [-0.15, -0.1) is 21.5 Å². The molecule has 0 spiro atoms. The molecule has 2 heterocycles. The monoisotopic (exact) mass is 375 g/mol. The van der Waals surface area contributed by atoms with Crippen LogP contribution >= 0.6 is 23.1 Å². The molecule has 0 N–H and O–H groups in total. The standard InChI is InChI=1S/C17H21N5OS2/c1-11(2)22-10-18-20-17(22)24-9-15(23)21(4)12(3)16-19-13-7-5-6-8-14(13)25-16/h5-8,10-12H,9H2,1-4H3/t12-/m1/s1. The Morgan fingerprint density at radius 3 is 2.80 bits per heavy atom. The molecule has 25 heavy (non-hydrogen) atoms. The SMILES string of the molecule is CC(C)n1cnnc1SCC(=O)N(C)[C@H](C)c1nc2ccccc2s1. The van der Waals surface area contributed by atoms with Gasteiger partial charge in [0.05, 0.1) is 22.0 Å². The van der Waals surface area contributed by atoms with E-state index in [4.69, 9.17) is 0 Å². The third-order valence-electron chi connectivity index (χ3n) is 4.06. The fourth-order valence-electron chi connectivity index (χ4n) is 2.37. The molecule has 132 valence electrons. The van der Waals surface area contributed by atoms with Crippen molar-refractivity contribution in [1.82, 2.24) is 24.6 Å². The van der Waals surface area contributed by atoms with Crippen molar-refractivity contribution in [2.75, 3.05) is 12.8 Å². The first-order valence-electron chi connectivity index (χ1n) is 8.10. The Kier molecular flexibility index (Phi) is 5.39. The van der Waals surface area contributed by atoms with Crippen molar-refractivity contribution in [3.63, 3.8) is 0 Å². The molecule has 6 nitrogen and oxygen atoms in total. The summed E-state index contributed by atoms with van der Waals surface area (Å²) >= 11 is 3.05. The second-order valence-electron chi connectivity index (χ2n) is 6.10. The van der Waals surface area contributed by atoms with Gasteiger partial charge < -0.3 is 9.47 Å². The Bertz CT molecular complexity index is 840. The normalized spacial score (nSPS) is 12.7. The molecule has 2 aromatic heterocycles. The van der Waals surface area contributed by atoms with Gasteiger partial charge in [0.15, 0.2) is 5.16 Å². The molecular formula is C17H21N5OS2. The predicted molar refractivity (Wildman–Crippen MR) is 102 cm³/mol. The van der Waals surface area contributed by atoms with Crippen LogP contribution in [0.5, 0.6) is 0 Å². The molecular weight excluding hydrogens is 354 g/mol. The Morgan fingerprint density at radius 1 is 1.32 bits per heavy atom. The lowest BCUT2D eigenvalue weighted by Gasteiger charge is -2.23. The molecule has 3 aromatic rings. The van der Waals surface area contributed by atoms with Gasteiger partial charge in [-0.1, -0.05) is 23.9 Å². The molecule has 0 aliphatic heterocycles. The van der Waals surface area contributed by atoms with E-state index in [1.807, 2.05) is 36.7 Å². The van der Waals surface area contributed by atoms with Crippen LogP contribution in [0.2, 0.25) is 0 Å². The average molecular weight is 376 g/mol. The maximum absolute atomic E-state index is 12.6. The van der Waals surface area contributed by atoms with Gasteiger partial charge in [0.25, 0.3) is 0 Å². The molecule has 0 bridgehead atoms. The summed E-state index contributed by atoms with van der Waals surface area (Å²) in [6.07, 6.45) is 1.70. The lowest BCUT2D eigenvalue weighted by molar-refractivity contribution is -0.128. The summed E-state index contributed by atoms with van der Waals surface area (Å²) in [6.45, 7) is 6.14. The molecule has 0 aliphatic rings. The van der Waals surface area contributed by atoms with Crippen LogP contribution < -0.4 is 0 Å². The number of rotatable bonds is 6. The summed E-state index contributed by atoms with van der Waals surface area (Å²) in [4.78, 5) is 19.0. The van der Waals surface area contributed by atoms with Crippen LogP contribution in [0, 0.1) is 0 Å². The largest absolute Gasteiger partial charge is 0.336 e. The van der Waals surface area contributed by atoms with Crippen LogP contribution in [0.1, 0.15) is 37.9 Å². The van der Waals surface area contributed by atoms with E-state index in [0.29, 0.717) is 5.75 Å². The Labute approximate surface area is 155 Å². The van der Waals surface area contributed by atoms with Crippen LogP contribution in [-0.2, 0) is 4.79 Å². The van der Waals surface area contributed by atoms with E-state index in [2.05, 4.69) is 35.1 Å². The number of thioether (sulfide) groups is 1. The highest BCUT2D eigenvalue weighted by Crippen LogP contribution is 2.29. The smallest absolute Gasteiger partial charge is 0.233 e. The van der Waals surface area contributed by atoms with Gasteiger partial charge in [-0.25, -0.2) is 4.98 Å². The van der Waals surface area contributed by atoms with Crippen molar-refractivity contribution in [1.29, 1.82) is 0 Å². The number of para-hydroxylation sites is 1. The maximum atomic E-state index is 12.6. The minimum Gasteiger partial charge on any atom is -0.336 e. The summed E-state index contributed by atoms with van der Waals surface area (Å²) in [5.41, 5.74) is 0.981. The first kappa shape index (κ1) is 17.9. The second kappa shape index (κ2) is 7.53. The summed E-state index contributed by atoms with van der Waals surface area (Å²) in [5, 5.41) is 9.75. The number of carbonyl (C=O) groups excluding carboxylic acids is 1. The third-order valence-corrected chi connectivity index (χ3v) is 6.21. The minimum absolute atomic E-state index is 0.0510. The topological polar surface area (TPSA) is 63.9 Å². The molecule has 0 radical (unpaired) electrons. The lowest BCUT2D eigenvalue weighted by atomic mass is 10.3. The molecule has 1 atom stereocenters. The fourth-order valence-corrected chi connectivity index (χ4v) is 4.40. The van der Waals surface area contributed by atoms with Crippen molar-refractivity contribution >= 4 is 39.2 Å². The van der Waals surface area contributed by atoms with E-state index in [1.165, 1.54) is 11.8 Å². The highest BCUT2D eigenvalue weighted by molar-refractivity contribution is 7.99. The molecule has 0 fully saturated rings. The summed E-state index contributed by atoms with van der Waals surface area (Å²) in [6, 6.07) is 8.25. The van der Waals surface area contributed by atoms with Crippen LogP contribution in [0.15, 0.2) is 35.7 Å². The van der Waals surface area contributed by atoms with E-state index in [0.717, 1.165) is 20.4 Å². The number of fused-ring (bicyclic) bond motifs is 1. The molecule has 0 aliphatic carbocycles. The number of aromatic nitrogens is 4. The van der Waals surface area contributed by atoms with Gasteiger partial charge in [-0.2, -0.15) is 0 Å². The maximum Gasteiger partial charge on any atom is 0.233 e. The first-order valence-corrected chi connectivity index (χ1v) is 9.91. The fraction of sp³-hybridized carbons (Fsp3) is 0.412. The molecule has 8 heteroatoms. The molecule has 3 rings (SSSR count). The Hall–Kier alpha value is -1.93. The van der Waals surface area contributed by atoms with Crippen LogP contribution in [0.4, 0.5) is 0 Å². The minimum atomic E-state index is -0.0616. The lowest BCUT2D eigenvalue weighted by Crippen LogP contribution is -2.31. The number of benzene rings is 1. The average Bonchev–Trinajstić information content (AvgIpc) is 3.24. The number of carbonyl (C=O) groups is 1. The highest BCUT2D eigenvalue weighted by Gasteiger charge is 2.21. The number of hydrogen-bond donors (Lipinski definition) is 0. The van der Waals surface area contributed by atoms with Crippen LogP contribution in [0.25, 0.3) is 10.2 Å². The van der Waals surface area contributed by atoms with Gasteiger partial charge in [0, 0.05) is 13.1 Å². The van der Waals surface area contributed by atoms with E-state index in [-0.39, 0.29) is 18.0 Å². The highest BCUT2D eigenvalue weighted by atomic mass is 32.2. The van der Waals surface area contributed by atoms with Gasteiger partial charge in [0.1, 0.15) is 11.3 Å². The molecule has 1 amide bonds. The van der Waals surface area contributed by atoms with Gasteiger partial charge in [-0.05, 0) is 32.9 Å². The first-order chi connectivity index (χ1) is 12.0. The number of nitrogens with zero attached hydrogens (tertiary/aromatic N) is 5. The Morgan fingerprint density at radius 2 is 2.08 bits per heavy atom. The summed E-state index contributed by atoms with van der Waals surface area (Å²) in [5.74, 6) is 0.381. The molecule has 0 unspecified atom stereocenters. The van der Waals surface area contributed by atoms with Crippen LogP contribution in [-0.4, -0.2) is 43.4 Å². The molecule has 1 aromatic carbocycles. The van der Waals surface area contributed by atoms with E-state index < -0.39 is 0 Å². The number of thiazole rings is 1. The van der Waals surface area contributed by atoms with Crippen molar-refractivity contribution in [3.8, 4) is 0 Å². The quantitative estimate of drug-likeness (QED) is 0.614. The van der Waals surface area contributed by atoms with Crippen molar-refractivity contribution in [2.45, 2.75) is 38.0 Å². The van der Waals surface area contributed by atoms with Crippen molar-refractivity contribution in [2.24, 2.45) is 0 Å². The van der Waals surface area contributed by atoms with Gasteiger partial charge in [0.2, 0.25) is 5.91 Å². The molecule has 0 saturated heterocycles.